The van der Waals surface area contributed by atoms with E-state index in [1.807, 2.05) is 0 Å². The molecule has 3 rings (SSSR count). The van der Waals surface area contributed by atoms with E-state index in [1.54, 1.807) is 12.1 Å². The molecule has 1 aromatic heterocycles. The molecule has 0 fully saturated rings. The molecule has 0 bridgehead atoms. The predicted octanol–water partition coefficient (Wildman–Crippen LogP) is 4.23. The number of ether oxygens (including phenoxy) is 1. The lowest BCUT2D eigenvalue weighted by Gasteiger charge is -2.09. The first-order valence-electron chi connectivity index (χ1n) is 9.76. The molecule has 7 heteroatoms. The first-order chi connectivity index (χ1) is 15.8. The number of allylic oxidation sites excluding steroid dienone is 3. The van der Waals surface area contributed by atoms with Gasteiger partial charge in [0.25, 0.3) is 5.56 Å². The number of halogens is 1. The van der Waals surface area contributed by atoms with Crippen molar-refractivity contribution in [1.29, 1.82) is 0 Å². The zero-order chi connectivity index (χ0) is 24.0. The minimum absolute atomic E-state index is 0.00980. The van der Waals surface area contributed by atoms with Crippen LogP contribution < -0.4 is 10.3 Å². The number of aliphatic hydroxyl groups is 1. The largest absolute Gasteiger partial charge is 0.508 e. The van der Waals surface area contributed by atoms with E-state index in [2.05, 4.69) is 5.92 Å². The molecule has 0 aliphatic rings. The highest BCUT2D eigenvalue weighted by Crippen LogP contribution is 2.26. The van der Waals surface area contributed by atoms with E-state index in [1.165, 1.54) is 60.2 Å². The Bertz CT molecular complexity index is 1410. The van der Waals surface area contributed by atoms with Gasteiger partial charge in [0, 0.05) is 17.0 Å². The van der Waals surface area contributed by atoms with Gasteiger partial charge >= 0.3 is 0 Å². The van der Waals surface area contributed by atoms with Crippen molar-refractivity contribution in [3.8, 4) is 23.8 Å². The van der Waals surface area contributed by atoms with Crippen LogP contribution >= 0.6 is 0 Å². The maximum atomic E-state index is 13.6. The van der Waals surface area contributed by atoms with E-state index in [4.69, 9.17) is 11.2 Å². The van der Waals surface area contributed by atoms with Crippen LogP contribution in [-0.4, -0.2) is 27.7 Å². The van der Waals surface area contributed by atoms with Gasteiger partial charge in [-0.2, -0.15) is 0 Å². The van der Waals surface area contributed by atoms with E-state index < -0.39 is 17.2 Å². The fourth-order valence-corrected chi connectivity index (χ4v) is 3.14. The highest BCUT2D eigenvalue weighted by atomic mass is 19.1. The van der Waals surface area contributed by atoms with Gasteiger partial charge in [-0.25, -0.2) is 4.39 Å². The molecule has 0 spiro atoms. The molecule has 2 N–H and O–H groups in total. The van der Waals surface area contributed by atoms with E-state index in [0.29, 0.717) is 16.5 Å². The monoisotopic (exact) mass is 445 g/mol. The van der Waals surface area contributed by atoms with Gasteiger partial charge in [0.2, 0.25) is 0 Å². The van der Waals surface area contributed by atoms with Crippen LogP contribution in [0.5, 0.6) is 11.5 Å². The summed E-state index contributed by atoms with van der Waals surface area (Å²) >= 11 is 0. The molecule has 0 aliphatic heterocycles. The summed E-state index contributed by atoms with van der Waals surface area (Å²) in [5, 5.41) is 20.1. The molecule has 3 aromatic rings. The van der Waals surface area contributed by atoms with Gasteiger partial charge in [-0.3, -0.25) is 14.2 Å². The van der Waals surface area contributed by atoms with E-state index in [-0.39, 0.29) is 29.4 Å². The molecular weight excluding hydrogens is 425 g/mol. The number of aliphatic hydroxyl groups excluding tert-OH is 1. The normalized spacial score (nSPS) is 11.8. The summed E-state index contributed by atoms with van der Waals surface area (Å²) in [5.74, 6) is 1.29. The average Bonchev–Trinajstić information content (AvgIpc) is 2.79. The van der Waals surface area contributed by atoms with E-state index in [0.717, 1.165) is 12.2 Å². The molecule has 2 aromatic carbocycles. The van der Waals surface area contributed by atoms with Crippen molar-refractivity contribution in [2.75, 3.05) is 7.11 Å². The second-order valence-corrected chi connectivity index (χ2v) is 6.97. The number of phenols is 1. The van der Waals surface area contributed by atoms with Gasteiger partial charge in [-0.15, -0.1) is 6.42 Å². The number of ketones is 1. The van der Waals surface area contributed by atoms with Crippen molar-refractivity contribution >= 4 is 28.8 Å². The molecule has 0 saturated heterocycles. The molecule has 0 unspecified atom stereocenters. The Hall–Kier alpha value is -4.57. The van der Waals surface area contributed by atoms with E-state index in [9.17, 15) is 24.2 Å². The summed E-state index contributed by atoms with van der Waals surface area (Å²) in [4.78, 5) is 24.9. The van der Waals surface area contributed by atoms with Gasteiger partial charge in [0.1, 0.15) is 11.6 Å². The second-order valence-electron chi connectivity index (χ2n) is 6.97. The van der Waals surface area contributed by atoms with Crippen LogP contribution in [0.2, 0.25) is 0 Å². The number of benzene rings is 2. The number of hydrogen-bond acceptors (Lipinski definition) is 5. The standard InChI is InChI=1S/C26H20FNO5/c1-3-12-28-23-10-7-20(27)15-19(23)14-18(26(28)32)6-9-22(30)16-21(29)8-4-17-5-11-24(31)25(13-17)33-2/h1,4-11,13-16,29,31H,12H2,2H3/b8-4+,9-6+,21-16-. The van der Waals surface area contributed by atoms with Crippen LogP contribution in [0.4, 0.5) is 4.39 Å². The smallest absolute Gasteiger partial charge is 0.259 e. The topological polar surface area (TPSA) is 88.8 Å². The first kappa shape index (κ1) is 23.1. The van der Waals surface area contributed by atoms with Crippen LogP contribution in [-0.2, 0) is 11.3 Å². The average molecular weight is 445 g/mol. The third-order valence-electron chi connectivity index (χ3n) is 4.70. The number of carbonyl (C=O) groups is 1. The SMILES string of the molecule is C#CCn1c(=O)c(/C=C/C(=O)/C=C(O)/C=C/c2ccc(O)c(OC)c2)cc2cc(F)ccc21. The molecule has 0 amide bonds. The number of terminal acetylenes is 1. The van der Waals surface area contributed by atoms with Crippen molar-refractivity contribution in [2.45, 2.75) is 6.54 Å². The molecule has 1 heterocycles. The molecule has 0 atom stereocenters. The van der Waals surface area contributed by atoms with Crippen LogP contribution in [0.1, 0.15) is 11.1 Å². The number of carbonyl (C=O) groups excluding carboxylic acids is 1. The van der Waals surface area contributed by atoms with Crippen molar-refractivity contribution in [3.05, 3.63) is 93.7 Å². The summed E-state index contributed by atoms with van der Waals surface area (Å²) in [7, 11) is 1.41. The maximum absolute atomic E-state index is 13.6. The first-order valence-corrected chi connectivity index (χ1v) is 9.76. The molecule has 0 saturated carbocycles. The number of aromatic nitrogens is 1. The van der Waals surface area contributed by atoms with Gasteiger partial charge in [-0.05, 0) is 60.2 Å². The summed E-state index contributed by atoms with van der Waals surface area (Å²) in [6.07, 6.45) is 11.6. The van der Waals surface area contributed by atoms with Gasteiger partial charge in [0.05, 0.1) is 19.2 Å². The van der Waals surface area contributed by atoms with Crippen molar-refractivity contribution < 1.29 is 24.1 Å². The minimum Gasteiger partial charge on any atom is -0.508 e. The number of pyridine rings is 1. The molecule has 6 nitrogen and oxygen atoms in total. The van der Waals surface area contributed by atoms with Crippen LogP contribution in [0, 0.1) is 18.2 Å². The number of nitrogens with zero attached hydrogens (tertiary/aromatic N) is 1. The quantitative estimate of drug-likeness (QED) is 0.246. The van der Waals surface area contributed by atoms with E-state index >= 15 is 0 Å². The fraction of sp³-hybridized carbons (Fsp3) is 0.0769. The molecule has 0 aliphatic carbocycles. The number of aromatic hydroxyl groups is 1. The number of methoxy groups -OCH3 is 1. The van der Waals surface area contributed by atoms with Gasteiger partial charge in [-0.1, -0.05) is 18.1 Å². The van der Waals surface area contributed by atoms with Crippen LogP contribution in [0.25, 0.3) is 23.1 Å². The molecule has 0 radical (unpaired) electrons. The lowest BCUT2D eigenvalue weighted by Crippen LogP contribution is -2.22. The summed E-state index contributed by atoms with van der Waals surface area (Å²) in [6, 6.07) is 10.1. The van der Waals surface area contributed by atoms with Gasteiger partial charge < -0.3 is 14.9 Å². The zero-order valence-electron chi connectivity index (χ0n) is 17.7. The fourth-order valence-electron chi connectivity index (χ4n) is 3.14. The Labute approximate surface area is 189 Å². The predicted molar refractivity (Wildman–Crippen MR) is 125 cm³/mol. The Morgan fingerprint density at radius 2 is 1.97 bits per heavy atom. The van der Waals surface area contributed by atoms with Crippen LogP contribution in [0.15, 0.2) is 71.2 Å². The number of rotatable bonds is 7. The summed E-state index contributed by atoms with van der Waals surface area (Å²) in [6.45, 7) is -0.00980. The number of fused-ring (bicyclic) bond motifs is 1. The Morgan fingerprint density at radius 3 is 2.70 bits per heavy atom. The third-order valence-corrected chi connectivity index (χ3v) is 4.70. The van der Waals surface area contributed by atoms with Gasteiger partial charge in [0.15, 0.2) is 17.3 Å². The lowest BCUT2D eigenvalue weighted by molar-refractivity contribution is -0.110. The second kappa shape index (κ2) is 10.2. The van der Waals surface area contributed by atoms with Crippen molar-refractivity contribution in [1.82, 2.24) is 4.57 Å². The number of hydrogen-bond donors (Lipinski definition) is 2. The zero-order valence-corrected chi connectivity index (χ0v) is 17.7. The third kappa shape index (κ3) is 5.57. The summed E-state index contributed by atoms with van der Waals surface area (Å²) in [5.41, 5.74) is 0.836. The highest BCUT2D eigenvalue weighted by molar-refractivity contribution is 6.02. The minimum atomic E-state index is -0.567. The Balaban J connectivity index is 1.84. The summed E-state index contributed by atoms with van der Waals surface area (Å²) < 4.78 is 20.0. The number of phenolic OH excluding ortho intramolecular Hbond substituents is 1. The Morgan fingerprint density at radius 1 is 1.18 bits per heavy atom. The maximum Gasteiger partial charge on any atom is 0.259 e. The van der Waals surface area contributed by atoms with Crippen LogP contribution in [0.3, 0.4) is 0 Å². The van der Waals surface area contributed by atoms with Crippen molar-refractivity contribution in [2.24, 2.45) is 0 Å². The van der Waals surface area contributed by atoms with Crippen molar-refractivity contribution in [3.63, 3.8) is 0 Å². The highest BCUT2D eigenvalue weighted by Gasteiger charge is 2.08. The Kier molecular flexibility index (Phi) is 7.11. The molecule has 166 valence electrons. The molecule has 33 heavy (non-hydrogen) atoms. The lowest BCUT2D eigenvalue weighted by atomic mass is 10.1. The molecular formula is C26H20FNO5.